The maximum atomic E-state index is 11.8. The summed E-state index contributed by atoms with van der Waals surface area (Å²) in [7, 11) is 0. The molecule has 0 aliphatic rings. The van der Waals surface area contributed by atoms with Gasteiger partial charge in [0.05, 0.1) is 22.3 Å². The van der Waals surface area contributed by atoms with Gasteiger partial charge in [0.15, 0.2) is 0 Å². The summed E-state index contributed by atoms with van der Waals surface area (Å²) in [5, 5.41) is 2.91. The van der Waals surface area contributed by atoms with Crippen LogP contribution in [0.15, 0.2) is 40.9 Å². The third-order valence-corrected chi connectivity index (χ3v) is 4.11. The average Bonchev–Trinajstić information content (AvgIpc) is 2.56. The number of ether oxygens (including phenoxy) is 2. The van der Waals surface area contributed by atoms with Gasteiger partial charge in [-0.05, 0) is 59.6 Å². The predicted octanol–water partition coefficient (Wildman–Crippen LogP) is 5.08. The van der Waals surface area contributed by atoms with E-state index in [0.29, 0.717) is 19.6 Å². The van der Waals surface area contributed by atoms with Crippen molar-refractivity contribution in [3.63, 3.8) is 0 Å². The fourth-order valence-electron chi connectivity index (χ4n) is 2.23. The number of hydrogen-bond donors (Lipinski definition) is 1. The number of amides is 1. The molecule has 5 heteroatoms. The zero-order valence-electron chi connectivity index (χ0n) is 14.2. The van der Waals surface area contributed by atoms with Gasteiger partial charge in [-0.15, -0.1) is 0 Å². The molecule has 2 rings (SSSR count). The van der Waals surface area contributed by atoms with Crippen molar-refractivity contribution < 1.29 is 14.3 Å². The first-order chi connectivity index (χ1) is 11.5. The summed E-state index contributed by atoms with van der Waals surface area (Å²) >= 11 is 3.51. The maximum absolute atomic E-state index is 11.8. The van der Waals surface area contributed by atoms with Crippen molar-refractivity contribution in [2.75, 3.05) is 11.9 Å². The van der Waals surface area contributed by atoms with Crippen LogP contribution in [0.4, 0.5) is 5.69 Å². The van der Waals surface area contributed by atoms with Gasteiger partial charge in [0.25, 0.3) is 0 Å². The van der Waals surface area contributed by atoms with Gasteiger partial charge in [-0.1, -0.05) is 19.1 Å². The summed E-state index contributed by atoms with van der Waals surface area (Å²) in [5.41, 5.74) is 2.70. The van der Waals surface area contributed by atoms with Crippen molar-refractivity contribution in [3.05, 3.63) is 52.0 Å². The maximum Gasteiger partial charge on any atom is 0.224 e. The Kier molecular flexibility index (Phi) is 6.67. The van der Waals surface area contributed by atoms with Gasteiger partial charge in [0.1, 0.15) is 18.1 Å². The Morgan fingerprint density at radius 1 is 1.12 bits per heavy atom. The third-order valence-electron chi connectivity index (χ3n) is 3.49. The molecule has 1 amide bonds. The first-order valence-electron chi connectivity index (χ1n) is 7.98. The van der Waals surface area contributed by atoms with E-state index in [0.717, 1.165) is 32.8 Å². The molecule has 24 heavy (non-hydrogen) atoms. The Bertz CT molecular complexity index is 716. The van der Waals surface area contributed by atoms with Gasteiger partial charge in [-0.3, -0.25) is 4.79 Å². The van der Waals surface area contributed by atoms with Crippen LogP contribution in [0.5, 0.6) is 11.5 Å². The van der Waals surface area contributed by atoms with Crippen LogP contribution >= 0.6 is 15.9 Å². The smallest absolute Gasteiger partial charge is 0.224 e. The molecule has 1 N–H and O–H groups in total. The molecule has 0 heterocycles. The molecule has 0 bridgehead atoms. The molecular formula is C19H22BrNO3. The molecule has 0 atom stereocenters. The van der Waals surface area contributed by atoms with E-state index in [9.17, 15) is 4.79 Å². The molecule has 0 radical (unpaired) electrons. The summed E-state index contributed by atoms with van der Waals surface area (Å²) in [6.45, 7) is 6.63. The lowest BCUT2D eigenvalue weighted by molar-refractivity contribution is -0.115. The minimum Gasteiger partial charge on any atom is -0.493 e. The number of carbonyl (C=O) groups is 1. The van der Waals surface area contributed by atoms with Crippen LogP contribution in [-0.4, -0.2) is 12.5 Å². The Morgan fingerprint density at radius 3 is 2.58 bits per heavy atom. The Labute approximate surface area is 151 Å². The normalized spacial score (nSPS) is 10.3. The molecule has 0 fully saturated rings. The molecule has 2 aromatic carbocycles. The summed E-state index contributed by atoms with van der Waals surface area (Å²) in [6, 6.07) is 11.5. The van der Waals surface area contributed by atoms with Crippen molar-refractivity contribution in [1.29, 1.82) is 0 Å². The molecule has 0 unspecified atom stereocenters. The van der Waals surface area contributed by atoms with E-state index in [2.05, 4.69) is 21.2 Å². The van der Waals surface area contributed by atoms with E-state index in [1.54, 1.807) is 0 Å². The number of nitrogens with one attached hydrogen (secondary N) is 1. The number of rotatable bonds is 7. The second kappa shape index (κ2) is 8.73. The highest BCUT2D eigenvalue weighted by Gasteiger charge is 2.13. The van der Waals surface area contributed by atoms with Crippen LogP contribution < -0.4 is 14.8 Å². The minimum atomic E-state index is -0.0404. The highest BCUT2D eigenvalue weighted by molar-refractivity contribution is 9.10. The SMILES string of the molecule is CCOc1cccc(NC(=O)CC)c1COc1ccc(C)cc1Br. The van der Waals surface area contributed by atoms with Crippen molar-refractivity contribution >= 4 is 27.5 Å². The van der Waals surface area contributed by atoms with Gasteiger partial charge < -0.3 is 14.8 Å². The Hall–Kier alpha value is -2.01. The molecule has 4 nitrogen and oxygen atoms in total. The molecule has 0 aliphatic carbocycles. The highest BCUT2D eigenvalue weighted by Crippen LogP contribution is 2.31. The summed E-state index contributed by atoms with van der Waals surface area (Å²) < 4.78 is 12.5. The predicted molar refractivity (Wildman–Crippen MR) is 99.7 cm³/mol. The van der Waals surface area contributed by atoms with Crippen LogP contribution in [0.25, 0.3) is 0 Å². The van der Waals surface area contributed by atoms with E-state index in [-0.39, 0.29) is 5.91 Å². The molecule has 128 valence electrons. The van der Waals surface area contributed by atoms with Crippen LogP contribution in [-0.2, 0) is 11.4 Å². The van der Waals surface area contributed by atoms with E-state index in [1.165, 1.54) is 0 Å². The Balaban J connectivity index is 2.26. The van der Waals surface area contributed by atoms with Crippen molar-refractivity contribution in [1.82, 2.24) is 0 Å². The fourth-order valence-corrected chi connectivity index (χ4v) is 2.84. The van der Waals surface area contributed by atoms with Crippen molar-refractivity contribution in [3.8, 4) is 11.5 Å². The fraction of sp³-hybridized carbons (Fsp3) is 0.316. The number of anilines is 1. The first kappa shape index (κ1) is 18.3. The Morgan fingerprint density at radius 2 is 1.92 bits per heavy atom. The summed E-state index contributed by atoms with van der Waals surface area (Å²) in [4.78, 5) is 11.8. The molecule has 0 spiro atoms. The molecule has 0 aromatic heterocycles. The largest absolute Gasteiger partial charge is 0.493 e. The average molecular weight is 392 g/mol. The quantitative estimate of drug-likeness (QED) is 0.715. The highest BCUT2D eigenvalue weighted by atomic mass is 79.9. The standard InChI is InChI=1S/C19H22BrNO3/c1-4-19(22)21-16-7-6-8-17(23-5-2)14(16)12-24-18-10-9-13(3)11-15(18)20/h6-11H,4-5,12H2,1-3H3,(H,21,22). The van der Waals surface area contributed by atoms with Gasteiger partial charge in [-0.25, -0.2) is 0 Å². The second-order valence-corrected chi connectivity index (χ2v) is 6.19. The minimum absolute atomic E-state index is 0.0404. The van der Waals surface area contributed by atoms with E-state index in [1.807, 2.05) is 57.2 Å². The lowest BCUT2D eigenvalue weighted by Crippen LogP contribution is -2.13. The molecule has 2 aromatic rings. The van der Waals surface area contributed by atoms with Gasteiger partial charge in [0, 0.05) is 6.42 Å². The molecular weight excluding hydrogens is 370 g/mol. The number of halogens is 1. The summed E-state index contributed by atoms with van der Waals surface area (Å²) in [6.07, 6.45) is 0.419. The second-order valence-electron chi connectivity index (χ2n) is 5.34. The van der Waals surface area contributed by atoms with Gasteiger partial charge in [-0.2, -0.15) is 0 Å². The lowest BCUT2D eigenvalue weighted by Gasteiger charge is -2.17. The van der Waals surface area contributed by atoms with E-state index >= 15 is 0 Å². The molecule has 0 saturated heterocycles. The first-order valence-corrected chi connectivity index (χ1v) is 8.78. The number of hydrogen-bond acceptors (Lipinski definition) is 3. The molecule has 0 aliphatic heterocycles. The number of benzene rings is 2. The number of carbonyl (C=O) groups excluding carboxylic acids is 1. The van der Waals surface area contributed by atoms with Gasteiger partial charge >= 0.3 is 0 Å². The van der Waals surface area contributed by atoms with E-state index < -0.39 is 0 Å². The van der Waals surface area contributed by atoms with Crippen molar-refractivity contribution in [2.24, 2.45) is 0 Å². The van der Waals surface area contributed by atoms with Gasteiger partial charge in [0.2, 0.25) is 5.91 Å². The summed E-state index contributed by atoms with van der Waals surface area (Å²) in [5.74, 6) is 1.43. The third kappa shape index (κ3) is 4.74. The number of aryl methyl sites for hydroxylation is 1. The van der Waals surface area contributed by atoms with E-state index in [4.69, 9.17) is 9.47 Å². The lowest BCUT2D eigenvalue weighted by atomic mass is 10.1. The van der Waals surface area contributed by atoms with Crippen LogP contribution in [0.3, 0.4) is 0 Å². The van der Waals surface area contributed by atoms with Crippen LogP contribution in [0.2, 0.25) is 0 Å². The zero-order valence-corrected chi connectivity index (χ0v) is 15.8. The van der Waals surface area contributed by atoms with Crippen LogP contribution in [0, 0.1) is 6.92 Å². The topological polar surface area (TPSA) is 47.6 Å². The van der Waals surface area contributed by atoms with Crippen LogP contribution in [0.1, 0.15) is 31.4 Å². The monoisotopic (exact) mass is 391 g/mol. The van der Waals surface area contributed by atoms with Crippen molar-refractivity contribution in [2.45, 2.75) is 33.8 Å². The zero-order chi connectivity index (χ0) is 17.5. The molecule has 0 saturated carbocycles.